The molecular weight excluding hydrogens is 316 g/mol. The summed E-state index contributed by atoms with van der Waals surface area (Å²) in [6.45, 7) is 0.675. The number of nitrogens with one attached hydrogen (secondary N) is 2. The molecule has 7 heteroatoms. The van der Waals surface area contributed by atoms with Gasteiger partial charge in [-0.05, 0) is 43.7 Å². The van der Waals surface area contributed by atoms with E-state index in [1.165, 1.54) is 0 Å². The summed E-state index contributed by atoms with van der Waals surface area (Å²) in [7, 11) is 0. The molecule has 1 aromatic carbocycles. The van der Waals surface area contributed by atoms with E-state index in [0.29, 0.717) is 23.8 Å². The van der Waals surface area contributed by atoms with Gasteiger partial charge in [0.05, 0.1) is 11.5 Å². The third kappa shape index (κ3) is 5.46. The molecule has 0 aliphatic heterocycles. The highest BCUT2D eigenvalue weighted by atomic mass is 35.5. The number of hydrogen-bond donors (Lipinski definition) is 3. The van der Waals surface area contributed by atoms with Crippen molar-refractivity contribution in [3.63, 3.8) is 0 Å². The lowest BCUT2D eigenvalue weighted by molar-refractivity contribution is -0.140. The topological polar surface area (TPSA) is 112 Å². The minimum Gasteiger partial charge on any atom is -0.425 e. The Hall–Kier alpha value is -2.26. The van der Waals surface area contributed by atoms with Crippen LogP contribution in [-0.4, -0.2) is 18.5 Å². The van der Waals surface area contributed by atoms with Gasteiger partial charge in [-0.15, -0.1) is 12.4 Å². The molecule has 1 aromatic rings. The molecule has 0 saturated heterocycles. The average molecular weight is 337 g/mol. The number of halogens is 1. The standard InChI is InChI=1S/C16H20N4O2.ClH/c17-9-13-3-1-2-4-14(13)22-15(21)12-7-5-11(6-8-12)10-20-16(18)19;/h1-4,11-12H,5-8,10H2,(H4,18,19,20);1H/t11-,12-;. The van der Waals surface area contributed by atoms with Gasteiger partial charge < -0.3 is 15.8 Å². The molecule has 124 valence electrons. The van der Waals surface area contributed by atoms with Crippen LogP contribution >= 0.6 is 12.4 Å². The van der Waals surface area contributed by atoms with Gasteiger partial charge in [0.2, 0.25) is 0 Å². The van der Waals surface area contributed by atoms with Gasteiger partial charge in [0.25, 0.3) is 0 Å². The van der Waals surface area contributed by atoms with E-state index in [1.807, 2.05) is 6.07 Å². The van der Waals surface area contributed by atoms with Gasteiger partial charge >= 0.3 is 5.97 Å². The number of benzene rings is 1. The zero-order valence-electron chi connectivity index (χ0n) is 12.7. The third-order valence-electron chi connectivity index (χ3n) is 3.98. The van der Waals surface area contributed by atoms with Crippen molar-refractivity contribution in [2.45, 2.75) is 25.7 Å². The molecule has 0 unspecified atom stereocenters. The summed E-state index contributed by atoms with van der Waals surface area (Å²) in [5.41, 5.74) is 5.64. The van der Waals surface area contributed by atoms with Gasteiger partial charge in [0, 0.05) is 6.54 Å². The average Bonchev–Trinajstić information content (AvgIpc) is 2.54. The highest BCUT2D eigenvalue weighted by Crippen LogP contribution is 2.30. The van der Waals surface area contributed by atoms with E-state index in [9.17, 15) is 4.79 Å². The first-order valence-electron chi connectivity index (χ1n) is 7.39. The second-order valence-electron chi connectivity index (χ2n) is 5.54. The number of nitrogens with zero attached hydrogens (tertiary/aromatic N) is 1. The summed E-state index contributed by atoms with van der Waals surface area (Å²) >= 11 is 0. The second kappa shape index (κ2) is 9.01. The monoisotopic (exact) mass is 336 g/mol. The van der Waals surface area contributed by atoms with Crippen LogP contribution in [0.4, 0.5) is 0 Å². The molecule has 0 spiro atoms. The van der Waals surface area contributed by atoms with Crippen LogP contribution in [0.15, 0.2) is 24.3 Å². The lowest BCUT2D eigenvalue weighted by Gasteiger charge is -2.27. The lowest BCUT2D eigenvalue weighted by atomic mass is 9.82. The molecule has 2 rings (SSSR count). The molecular formula is C16H21ClN4O2. The number of nitrogens with two attached hydrogens (primary N) is 1. The number of esters is 1. The number of nitriles is 1. The van der Waals surface area contributed by atoms with E-state index in [2.05, 4.69) is 5.32 Å². The van der Waals surface area contributed by atoms with E-state index in [1.54, 1.807) is 24.3 Å². The predicted molar refractivity (Wildman–Crippen MR) is 89.4 cm³/mol. The quantitative estimate of drug-likeness (QED) is 0.337. The molecule has 4 N–H and O–H groups in total. The third-order valence-corrected chi connectivity index (χ3v) is 3.98. The Morgan fingerprint density at radius 1 is 1.35 bits per heavy atom. The number of guanidine groups is 1. The summed E-state index contributed by atoms with van der Waals surface area (Å²) in [6.07, 6.45) is 3.33. The normalized spacial score (nSPS) is 19.8. The molecule has 0 heterocycles. The van der Waals surface area contributed by atoms with Crippen molar-refractivity contribution in [1.29, 1.82) is 10.7 Å². The molecule has 1 saturated carbocycles. The lowest BCUT2D eigenvalue weighted by Crippen LogP contribution is -2.36. The molecule has 1 aliphatic rings. The Balaban J connectivity index is 0.00000264. The van der Waals surface area contributed by atoms with Gasteiger partial charge in [0.15, 0.2) is 5.96 Å². The molecule has 0 bridgehead atoms. The number of ether oxygens (including phenoxy) is 1. The number of hydrogen-bond acceptors (Lipinski definition) is 4. The van der Waals surface area contributed by atoms with E-state index >= 15 is 0 Å². The van der Waals surface area contributed by atoms with Crippen molar-refractivity contribution in [1.82, 2.24) is 5.32 Å². The number of para-hydroxylation sites is 1. The summed E-state index contributed by atoms with van der Waals surface area (Å²) in [4.78, 5) is 12.2. The number of carbonyl (C=O) groups is 1. The molecule has 23 heavy (non-hydrogen) atoms. The zero-order chi connectivity index (χ0) is 15.9. The van der Waals surface area contributed by atoms with Crippen molar-refractivity contribution >= 4 is 24.3 Å². The van der Waals surface area contributed by atoms with Crippen molar-refractivity contribution < 1.29 is 9.53 Å². The van der Waals surface area contributed by atoms with Crippen LogP contribution in [0.3, 0.4) is 0 Å². The van der Waals surface area contributed by atoms with Gasteiger partial charge in [-0.3, -0.25) is 10.2 Å². The fourth-order valence-electron chi connectivity index (χ4n) is 2.70. The number of rotatable bonds is 4. The first-order chi connectivity index (χ1) is 10.6. The summed E-state index contributed by atoms with van der Waals surface area (Å²) < 4.78 is 5.38. The van der Waals surface area contributed by atoms with Crippen LogP contribution in [0.25, 0.3) is 0 Å². The van der Waals surface area contributed by atoms with Crippen molar-refractivity contribution in [3.8, 4) is 11.8 Å². The molecule has 1 fully saturated rings. The van der Waals surface area contributed by atoms with Crippen molar-refractivity contribution in [2.75, 3.05) is 6.54 Å². The first-order valence-corrected chi connectivity index (χ1v) is 7.39. The van der Waals surface area contributed by atoms with Crippen LogP contribution in [-0.2, 0) is 4.79 Å². The highest BCUT2D eigenvalue weighted by molar-refractivity contribution is 5.85. The fourth-order valence-corrected chi connectivity index (χ4v) is 2.70. The van der Waals surface area contributed by atoms with Crippen LogP contribution < -0.4 is 15.8 Å². The van der Waals surface area contributed by atoms with Crippen LogP contribution in [0.5, 0.6) is 5.75 Å². The van der Waals surface area contributed by atoms with E-state index in [0.717, 1.165) is 25.7 Å². The van der Waals surface area contributed by atoms with Gasteiger partial charge in [0.1, 0.15) is 11.8 Å². The maximum Gasteiger partial charge on any atom is 0.314 e. The molecule has 0 aromatic heterocycles. The highest BCUT2D eigenvalue weighted by Gasteiger charge is 2.28. The molecule has 6 nitrogen and oxygen atoms in total. The van der Waals surface area contributed by atoms with Crippen LogP contribution in [0.1, 0.15) is 31.2 Å². The Kier molecular flexibility index (Phi) is 7.36. The molecule has 1 aliphatic carbocycles. The van der Waals surface area contributed by atoms with Gasteiger partial charge in [-0.25, -0.2) is 0 Å². The fraction of sp³-hybridized carbons (Fsp3) is 0.438. The van der Waals surface area contributed by atoms with Crippen LogP contribution in [0.2, 0.25) is 0 Å². The predicted octanol–water partition coefficient (Wildman–Crippen LogP) is 2.17. The maximum absolute atomic E-state index is 12.2. The number of carbonyl (C=O) groups excluding carboxylic acids is 1. The van der Waals surface area contributed by atoms with Crippen LogP contribution in [0, 0.1) is 28.6 Å². The largest absolute Gasteiger partial charge is 0.425 e. The summed E-state index contributed by atoms with van der Waals surface area (Å²) in [6, 6.07) is 8.77. The van der Waals surface area contributed by atoms with E-state index in [4.69, 9.17) is 21.1 Å². The summed E-state index contributed by atoms with van der Waals surface area (Å²) in [5, 5.41) is 19.0. The maximum atomic E-state index is 12.2. The van der Waals surface area contributed by atoms with Gasteiger partial charge in [-0.2, -0.15) is 5.26 Å². The minimum atomic E-state index is -0.263. The smallest absolute Gasteiger partial charge is 0.314 e. The Morgan fingerprint density at radius 2 is 2.00 bits per heavy atom. The van der Waals surface area contributed by atoms with Gasteiger partial charge in [-0.1, -0.05) is 12.1 Å². The van der Waals surface area contributed by atoms with Crippen molar-refractivity contribution in [3.05, 3.63) is 29.8 Å². The first kappa shape index (κ1) is 18.8. The van der Waals surface area contributed by atoms with E-state index < -0.39 is 0 Å². The zero-order valence-corrected chi connectivity index (χ0v) is 13.6. The SMILES string of the molecule is Cl.N#Cc1ccccc1OC(=O)[C@H]1CC[C@H](CNC(=N)N)CC1. The Morgan fingerprint density at radius 3 is 2.61 bits per heavy atom. The van der Waals surface area contributed by atoms with E-state index in [-0.39, 0.29) is 30.3 Å². The Labute approximate surface area is 141 Å². The minimum absolute atomic E-state index is 0. The van der Waals surface area contributed by atoms with Crippen molar-refractivity contribution in [2.24, 2.45) is 17.6 Å². The second-order valence-corrected chi connectivity index (χ2v) is 5.54. The molecule has 0 radical (unpaired) electrons. The summed E-state index contributed by atoms with van der Waals surface area (Å²) in [5.74, 6) is 0.352. The molecule has 0 atom stereocenters. The Bertz CT molecular complexity index is 592. The molecule has 0 amide bonds.